The van der Waals surface area contributed by atoms with Crippen LogP contribution in [0.25, 0.3) is 0 Å². The van der Waals surface area contributed by atoms with Crippen LogP contribution in [0.1, 0.15) is 32.6 Å². The van der Waals surface area contributed by atoms with Crippen molar-refractivity contribution in [3.8, 4) is 0 Å². The zero-order chi connectivity index (χ0) is 14.1. The average Bonchev–Trinajstić information content (AvgIpc) is 2.13. The number of aliphatic hydroxyl groups is 1. The second kappa shape index (κ2) is 5.27. The van der Waals surface area contributed by atoms with Crippen molar-refractivity contribution in [1.82, 2.24) is 0 Å². The summed E-state index contributed by atoms with van der Waals surface area (Å²) in [6.07, 6.45) is -11.8. The van der Waals surface area contributed by atoms with Crippen LogP contribution in [0, 0.1) is 17.8 Å². The van der Waals surface area contributed by atoms with Gasteiger partial charge in [0.15, 0.2) is 5.92 Å². The molecular formula is C11H16F6O. The van der Waals surface area contributed by atoms with Gasteiger partial charge in [-0.3, -0.25) is 0 Å². The van der Waals surface area contributed by atoms with Gasteiger partial charge in [0, 0.05) is 0 Å². The maximum atomic E-state index is 12.4. The Hall–Kier alpha value is -0.460. The third-order valence-corrected chi connectivity index (χ3v) is 3.59. The van der Waals surface area contributed by atoms with Crippen LogP contribution in [0.5, 0.6) is 0 Å². The van der Waals surface area contributed by atoms with Gasteiger partial charge in [0.05, 0.1) is 6.10 Å². The van der Waals surface area contributed by atoms with E-state index in [2.05, 4.69) is 0 Å². The molecule has 0 spiro atoms. The predicted molar refractivity (Wildman–Crippen MR) is 52.7 cm³/mol. The highest BCUT2D eigenvalue weighted by molar-refractivity contribution is 4.88. The molecule has 0 aromatic heterocycles. The van der Waals surface area contributed by atoms with Crippen LogP contribution in [0.15, 0.2) is 0 Å². The molecular weight excluding hydrogens is 262 g/mol. The molecule has 1 saturated carbocycles. The van der Waals surface area contributed by atoms with Crippen LogP contribution in [0.3, 0.4) is 0 Å². The maximum absolute atomic E-state index is 12.4. The Balaban J connectivity index is 2.80. The van der Waals surface area contributed by atoms with Gasteiger partial charge in [0.2, 0.25) is 0 Å². The summed E-state index contributed by atoms with van der Waals surface area (Å²) in [5.74, 6) is -4.26. The highest BCUT2D eigenvalue weighted by atomic mass is 19.4. The molecule has 0 saturated heterocycles. The van der Waals surface area contributed by atoms with E-state index in [0.717, 1.165) is 0 Å². The summed E-state index contributed by atoms with van der Waals surface area (Å²) < 4.78 is 74.5. The molecule has 0 aliphatic heterocycles. The molecule has 0 bridgehead atoms. The quantitative estimate of drug-likeness (QED) is 0.759. The van der Waals surface area contributed by atoms with Crippen LogP contribution >= 0.6 is 0 Å². The molecule has 1 rings (SSSR count). The van der Waals surface area contributed by atoms with Crippen molar-refractivity contribution < 1.29 is 31.4 Å². The van der Waals surface area contributed by atoms with E-state index in [1.54, 1.807) is 0 Å². The number of aliphatic hydroxyl groups excluding tert-OH is 1. The van der Waals surface area contributed by atoms with Crippen LogP contribution in [-0.2, 0) is 0 Å². The summed E-state index contributed by atoms with van der Waals surface area (Å²) >= 11 is 0. The van der Waals surface area contributed by atoms with E-state index in [9.17, 15) is 31.4 Å². The Labute approximate surface area is 101 Å². The number of halogens is 6. The number of hydrogen-bond acceptors (Lipinski definition) is 1. The van der Waals surface area contributed by atoms with Gasteiger partial charge in [0.25, 0.3) is 0 Å². The molecule has 1 atom stereocenters. The summed E-state index contributed by atoms with van der Waals surface area (Å²) in [6.45, 7) is 1.90. The largest absolute Gasteiger partial charge is 0.403 e. The van der Waals surface area contributed by atoms with Gasteiger partial charge < -0.3 is 5.11 Å². The van der Waals surface area contributed by atoms with E-state index < -0.39 is 30.3 Å². The van der Waals surface area contributed by atoms with E-state index in [0.29, 0.717) is 18.8 Å². The lowest BCUT2D eigenvalue weighted by Gasteiger charge is -2.35. The normalized spacial score (nSPS) is 28.5. The van der Waals surface area contributed by atoms with Crippen molar-refractivity contribution in [3.63, 3.8) is 0 Å². The van der Waals surface area contributed by atoms with E-state index in [4.69, 9.17) is 0 Å². The Morgan fingerprint density at radius 2 is 1.28 bits per heavy atom. The molecule has 0 aromatic carbocycles. The first-order chi connectivity index (χ1) is 8.03. The van der Waals surface area contributed by atoms with Gasteiger partial charge in [0.1, 0.15) is 0 Å². The molecule has 18 heavy (non-hydrogen) atoms. The van der Waals surface area contributed by atoms with Gasteiger partial charge in [-0.05, 0) is 24.7 Å². The van der Waals surface area contributed by atoms with Gasteiger partial charge in [-0.15, -0.1) is 0 Å². The topological polar surface area (TPSA) is 20.2 Å². The second-order valence-electron chi connectivity index (χ2n) is 5.07. The molecule has 7 heteroatoms. The van der Waals surface area contributed by atoms with Gasteiger partial charge >= 0.3 is 12.4 Å². The first-order valence-electron chi connectivity index (χ1n) is 5.85. The minimum atomic E-state index is -5.46. The maximum Gasteiger partial charge on any atom is 0.403 e. The summed E-state index contributed by atoms with van der Waals surface area (Å²) in [4.78, 5) is 0. The van der Waals surface area contributed by atoms with Crippen LogP contribution < -0.4 is 0 Å². The SMILES string of the molecule is CC1CCC(C(O)C(C(F)(F)F)C(F)(F)F)CC1. The second-order valence-corrected chi connectivity index (χ2v) is 5.07. The fraction of sp³-hybridized carbons (Fsp3) is 1.00. The lowest BCUT2D eigenvalue weighted by molar-refractivity contribution is -0.312. The molecule has 0 aromatic rings. The standard InChI is InChI=1S/C11H16F6O/c1-6-2-4-7(5-3-6)8(18)9(10(12,13)14)11(15,16)17/h6-9,18H,2-5H2,1H3. The Morgan fingerprint density at radius 3 is 1.61 bits per heavy atom. The van der Waals surface area contributed by atoms with Gasteiger partial charge in [-0.1, -0.05) is 19.8 Å². The minimum absolute atomic E-state index is 0.213. The molecule has 0 amide bonds. The predicted octanol–water partition coefficient (Wildman–Crippen LogP) is 3.91. The van der Waals surface area contributed by atoms with E-state index in [1.807, 2.05) is 6.92 Å². The van der Waals surface area contributed by atoms with E-state index >= 15 is 0 Å². The molecule has 1 aliphatic carbocycles. The molecule has 1 unspecified atom stereocenters. The Kier molecular flexibility index (Phi) is 4.56. The first kappa shape index (κ1) is 15.6. The lowest BCUT2D eigenvalue weighted by Crippen LogP contribution is -2.48. The summed E-state index contributed by atoms with van der Waals surface area (Å²) in [5, 5.41) is 9.45. The fourth-order valence-electron chi connectivity index (χ4n) is 2.47. The zero-order valence-corrected chi connectivity index (χ0v) is 9.85. The molecule has 1 fully saturated rings. The smallest absolute Gasteiger partial charge is 0.392 e. The highest BCUT2D eigenvalue weighted by Crippen LogP contribution is 2.45. The number of hydrogen-bond donors (Lipinski definition) is 1. The molecule has 0 heterocycles. The Morgan fingerprint density at radius 1 is 0.889 bits per heavy atom. The van der Waals surface area contributed by atoms with Gasteiger partial charge in [-0.25, -0.2) is 0 Å². The number of alkyl halides is 6. The zero-order valence-electron chi connectivity index (χ0n) is 9.85. The summed E-state index contributed by atoms with van der Waals surface area (Å²) in [6, 6.07) is 0. The van der Waals surface area contributed by atoms with Crippen LogP contribution in [-0.4, -0.2) is 23.6 Å². The molecule has 108 valence electrons. The van der Waals surface area contributed by atoms with Crippen molar-refractivity contribution in [2.45, 2.75) is 51.1 Å². The van der Waals surface area contributed by atoms with Crippen molar-refractivity contribution >= 4 is 0 Å². The highest BCUT2D eigenvalue weighted by Gasteiger charge is 2.61. The van der Waals surface area contributed by atoms with Crippen molar-refractivity contribution in [2.75, 3.05) is 0 Å². The van der Waals surface area contributed by atoms with Crippen LogP contribution in [0.4, 0.5) is 26.3 Å². The van der Waals surface area contributed by atoms with E-state index in [-0.39, 0.29) is 12.8 Å². The lowest BCUT2D eigenvalue weighted by atomic mass is 9.76. The Bertz CT molecular complexity index is 250. The fourth-order valence-corrected chi connectivity index (χ4v) is 2.47. The molecule has 1 nitrogen and oxygen atoms in total. The number of rotatable bonds is 2. The average molecular weight is 278 g/mol. The van der Waals surface area contributed by atoms with Crippen LogP contribution in [0.2, 0.25) is 0 Å². The first-order valence-corrected chi connectivity index (χ1v) is 5.85. The minimum Gasteiger partial charge on any atom is -0.392 e. The monoisotopic (exact) mass is 278 g/mol. The molecule has 1 N–H and O–H groups in total. The third kappa shape index (κ3) is 3.76. The van der Waals surface area contributed by atoms with Gasteiger partial charge in [-0.2, -0.15) is 26.3 Å². The molecule has 1 aliphatic rings. The summed E-state index contributed by atoms with van der Waals surface area (Å²) in [5.41, 5.74) is 0. The van der Waals surface area contributed by atoms with Crippen molar-refractivity contribution in [3.05, 3.63) is 0 Å². The summed E-state index contributed by atoms with van der Waals surface area (Å²) in [7, 11) is 0. The third-order valence-electron chi connectivity index (χ3n) is 3.59. The van der Waals surface area contributed by atoms with E-state index in [1.165, 1.54) is 0 Å². The van der Waals surface area contributed by atoms with Crippen molar-refractivity contribution in [1.29, 1.82) is 0 Å². The molecule has 0 radical (unpaired) electrons. The van der Waals surface area contributed by atoms with Crippen molar-refractivity contribution in [2.24, 2.45) is 17.8 Å².